The number of nitrogens with one attached hydrogen (secondary N) is 1. The van der Waals surface area contributed by atoms with Gasteiger partial charge in [-0.2, -0.15) is 0 Å². The van der Waals surface area contributed by atoms with Gasteiger partial charge in [-0.25, -0.2) is 0 Å². The van der Waals surface area contributed by atoms with Gasteiger partial charge in [-0.15, -0.1) is 0 Å². The van der Waals surface area contributed by atoms with E-state index in [4.69, 9.17) is 0 Å². The Hall–Kier alpha value is -1.38. The summed E-state index contributed by atoms with van der Waals surface area (Å²) in [6, 6.07) is 15.8. The van der Waals surface area contributed by atoms with Gasteiger partial charge in [0.2, 0.25) is 0 Å². The van der Waals surface area contributed by atoms with Crippen molar-refractivity contribution in [3.8, 4) is 0 Å². The van der Waals surface area contributed by atoms with Gasteiger partial charge in [0.25, 0.3) is 0 Å². The Bertz CT molecular complexity index is 582. The van der Waals surface area contributed by atoms with Gasteiger partial charge in [0, 0.05) is 12.6 Å². The van der Waals surface area contributed by atoms with E-state index >= 15 is 0 Å². The van der Waals surface area contributed by atoms with Crippen LogP contribution in [0.15, 0.2) is 42.5 Å². The molecule has 2 atom stereocenters. The van der Waals surface area contributed by atoms with Crippen LogP contribution in [0.4, 0.5) is 0 Å². The van der Waals surface area contributed by atoms with Crippen LogP contribution >= 0.6 is 0 Å². The molecule has 1 aliphatic rings. The van der Waals surface area contributed by atoms with Crippen LogP contribution in [-0.4, -0.2) is 31.6 Å². The summed E-state index contributed by atoms with van der Waals surface area (Å²) in [6.45, 7) is 6.11. The van der Waals surface area contributed by atoms with E-state index in [9.17, 15) is 0 Å². The molecule has 0 amide bonds. The maximum absolute atomic E-state index is 3.56. The van der Waals surface area contributed by atoms with E-state index in [1.807, 2.05) is 0 Å². The first-order valence-electron chi connectivity index (χ1n) is 8.17. The molecule has 0 saturated carbocycles. The number of fused-ring (bicyclic) bond motifs is 1. The number of nitrogens with zero attached hydrogens (tertiary/aromatic N) is 1. The number of hydrogen-bond donors (Lipinski definition) is 1. The van der Waals surface area contributed by atoms with Gasteiger partial charge in [0.1, 0.15) is 0 Å². The molecule has 0 unspecified atom stereocenters. The van der Waals surface area contributed by atoms with Crippen molar-refractivity contribution in [3.05, 3.63) is 48.0 Å². The van der Waals surface area contributed by atoms with Crippen LogP contribution in [0.2, 0.25) is 0 Å². The summed E-state index contributed by atoms with van der Waals surface area (Å²) in [5.41, 5.74) is 1.43. The molecule has 0 aromatic heterocycles. The van der Waals surface area contributed by atoms with Gasteiger partial charge in [-0.3, -0.25) is 0 Å². The van der Waals surface area contributed by atoms with Crippen LogP contribution in [0.5, 0.6) is 0 Å². The van der Waals surface area contributed by atoms with Crippen LogP contribution in [0.1, 0.15) is 31.4 Å². The lowest BCUT2D eigenvalue weighted by molar-refractivity contribution is 0.253. The highest BCUT2D eigenvalue weighted by molar-refractivity contribution is 5.86. The second-order valence-electron chi connectivity index (χ2n) is 6.32. The predicted molar refractivity (Wildman–Crippen MR) is 90.6 cm³/mol. The second-order valence-corrected chi connectivity index (χ2v) is 6.32. The smallest absolute Gasteiger partial charge is 0.0361 e. The Kier molecular flexibility index (Phi) is 4.57. The molecule has 1 N–H and O–H groups in total. The molecule has 2 heteroatoms. The first-order chi connectivity index (χ1) is 10.3. The van der Waals surface area contributed by atoms with E-state index in [2.05, 4.69) is 66.7 Å². The molecule has 0 bridgehead atoms. The number of rotatable bonds is 5. The average molecular weight is 282 g/mol. The summed E-state index contributed by atoms with van der Waals surface area (Å²) in [5, 5.41) is 6.28. The number of likely N-dealkylation sites (tertiary alicyclic amines) is 1. The van der Waals surface area contributed by atoms with Crippen LogP contribution in [-0.2, 0) is 0 Å². The monoisotopic (exact) mass is 282 g/mol. The van der Waals surface area contributed by atoms with Crippen molar-refractivity contribution < 1.29 is 0 Å². The van der Waals surface area contributed by atoms with Gasteiger partial charge < -0.3 is 10.2 Å². The molecule has 1 aliphatic heterocycles. The summed E-state index contributed by atoms with van der Waals surface area (Å²) in [4.78, 5) is 2.61. The molecule has 0 spiro atoms. The molecule has 0 radical (unpaired) electrons. The fraction of sp³-hybridized carbons (Fsp3) is 0.474. The Labute approximate surface area is 128 Å². The molecule has 0 aliphatic carbocycles. The van der Waals surface area contributed by atoms with Crippen LogP contribution in [0.3, 0.4) is 0 Å². The highest BCUT2D eigenvalue weighted by Gasteiger charge is 2.23. The third-order valence-electron chi connectivity index (χ3n) is 4.78. The van der Waals surface area contributed by atoms with Gasteiger partial charge in [-0.05, 0) is 55.2 Å². The summed E-state index contributed by atoms with van der Waals surface area (Å²) in [6.07, 6.45) is 2.73. The molecular weight excluding hydrogens is 256 g/mol. The van der Waals surface area contributed by atoms with Crippen molar-refractivity contribution in [2.24, 2.45) is 5.92 Å². The summed E-state index contributed by atoms with van der Waals surface area (Å²) < 4.78 is 0. The number of hydrogen-bond acceptors (Lipinski definition) is 2. The Balaban J connectivity index is 1.86. The van der Waals surface area contributed by atoms with Crippen LogP contribution < -0.4 is 5.32 Å². The zero-order valence-electron chi connectivity index (χ0n) is 13.2. The third-order valence-corrected chi connectivity index (χ3v) is 4.78. The third kappa shape index (κ3) is 3.12. The second kappa shape index (κ2) is 6.59. The van der Waals surface area contributed by atoms with Crippen molar-refractivity contribution >= 4 is 10.8 Å². The lowest BCUT2D eigenvalue weighted by Gasteiger charge is -2.29. The minimum Gasteiger partial charge on any atom is -0.313 e. The van der Waals surface area contributed by atoms with Crippen LogP contribution in [0.25, 0.3) is 10.8 Å². The minimum absolute atomic E-state index is 0.414. The standard InChI is InChI=1S/C19H26N2/c1-15(14-21-12-5-6-13-21)19(20-2)18-11-7-9-16-8-3-4-10-17(16)18/h3-4,7-11,15,19-20H,5-6,12-14H2,1-2H3/t15-,19+/m0/s1. The molecule has 2 aromatic rings. The van der Waals surface area contributed by atoms with Crippen molar-refractivity contribution in [3.63, 3.8) is 0 Å². The van der Waals surface area contributed by atoms with Crippen molar-refractivity contribution in [1.82, 2.24) is 10.2 Å². The Morgan fingerprint density at radius 2 is 1.76 bits per heavy atom. The highest BCUT2D eigenvalue weighted by atomic mass is 15.1. The summed E-state index contributed by atoms with van der Waals surface area (Å²) >= 11 is 0. The molecule has 1 fully saturated rings. The van der Waals surface area contributed by atoms with E-state index in [-0.39, 0.29) is 0 Å². The minimum atomic E-state index is 0.414. The Morgan fingerprint density at radius 3 is 2.52 bits per heavy atom. The average Bonchev–Trinajstić information content (AvgIpc) is 3.01. The molecule has 21 heavy (non-hydrogen) atoms. The van der Waals surface area contributed by atoms with E-state index in [0.29, 0.717) is 12.0 Å². The SMILES string of the molecule is CN[C@@H](c1cccc2ccccc12)[C@@H](C)CN1CCCC1. The molecular formula is C19H26N2. The lowest BCUT2D eigenvalue weighted by atomic mass is 9.90. The molecule has 1 heterocycles. The molecule has 2 aromatic carbocycles. The molecule has 1 saturated heterocycles. The van der Waals surface area contributed by atoms with Gasteiger partial charge in [0.15, 0.2) is 0 Å². The lowest BCUT2D eigenvalue weighted by Crippen LogP contribution is -2.33. The summed E-state index contributed by atoms with van der Waals surface area (Å²) in [5.74, 6) is 0.610. The quantitative estimate of drug-likeness (QED) is 0.896. The van der Waals surface area contributed by atoms with Crippen molar-refractivity contribution in [1.29, 1.82) is 0 Å². The molecule has 112 valence electrons. The van der Waals surface area contributed by atoms with Gasteiger partial charge in [-0.1, -0.05) is 49.4 Å². The molecule has 2 nitrogen and oxygen atoms in total. The Morgan fingerprint density at radius 1 is 1.05 bits per heavy atom. The zero-order chi connectivity index (χ0) is 14.7. The van der Waals surface area contributed by atoms with Crippen LogP contribution in [0, 0.1) is 5.92 Å². The van der Waals surface area contributed by atoms with E-state index in [0.717, 1.165) is 0 Å². The summed E-state index contributed by atoms with van der Waals surface area (Å²) in [7, 11) is 2.09. The topological polar surface area (TPSA) is 15.3 Å². The number of benzene rings is 2. The highest BCUT2D eigenvalue weighted by Crippen LogP contribution is 2.29. The maximum Gasteiger partial charge on any atom is 0.0361 e. The first-order valence-corrected chi connectivity index (χ1v) is 8.17. The molecule has 3 rings (SSSR count). The normalized spacial score (nSPS) is 19.0. The van der Waals surface area contributed by atoms with E-state index in [1.165, 1.54) is 48.8 Å². The zero-order valence-corrected chi connectivity index (χ0v) is 13.2. The van der Waals surface area contributed by atoms with Crippen molar-refractivity contribution in [2.75, 3.05) is 26.7 Å². The largest absolute Gasteiger partial charge is 0.313 e. The fourth-order valence-corrected chi connectivity index (χ4v) is 3.75. The van der Waals surface area contributed by atoms with Gasteiger partial charge >= 0.3 is 0 Å². The van der Waals surface area contributed by atoms with Gasteiger partial charge in [0.05, 0.1) is 0 Å². The van der Waals surface area contributed by atoms with E-state index in [1.54, 1.807) is 0 Å². The van der Waals surface area contributed by atoms with Crippen molar-refractivity contribution in [2.45, 2.75) is 25.8 Å². The maximum atomic E-state index is 3.56. The first kappa shape index (κ1) is 14.6. The fourth-order valence-electron chi connectivity index (χ4n) is 3.75. The van der Waals surface area contributed by atoms with E-state index < -0.39 is 0 Å². The predicted octanol–water partition coefficient (Wildman–Crippen LogP) is 3.83.